The van der Waals surface area contributed by atoms with Crippen LogP contribution < -0.4 is 5.32 Å². The molecule has 0 spiro atoms. The average Bonchev–Trinajstić information content (AvgIpc) is 3.52. The second-order valence-electron chi connectivity index (χ2n) is 7.64. The lowest BCUT2D eigenvalue weighted by molar-refractivity contribution is 0.102. The van der Waals surface area contributed by atoms with Gasteiger partial charge in [-0.15, -0.1) is 23.1 Å². The normalized spacial score (nSPS) is 12.2. The van der Waals surface area contributed by atoms with Crippen LogP contribution in [0.2, 0.25) is 5.02 Å². The molecule has 1 aliphatic carbocycles. The first-order chi connectivity index (χ1) is 15.5. The number of carbonyl (C=O) groups excluding carboxylic acids is 1. The van der Waals surface area contributed by atoms with Crippen molar-refractivity contribution >= 4 is 46.3 Å². The minimum atomic E-state index is -0.208. The summed E-state index contributed by atoms with van der Waals surface area (Å²) in [4.78, 5) is 18.2. The Morgan fingerprint density at radius 3 is 2.25 bits per heavy atom. The lowest BCUT2D eigenvalue weighted by Crippen LogP contribution is -2.12. The average molecular weight is 489 g/mol. The lowest BCUT2D eigenvalue weighted by Gasteiger charge is -2.08. The monoisotopic (exact) mass is 488 g/mol. The van der Waals surface area contributed by atoms with Gasteiger partial charge in [0.05, 0.1) is 21.3 Å². The fourth-order valence-electron chi connectivity index (χ4n) is 2.67. The van der Waals surface area contributed by atoms with Crippen molar-refractivity contribution in [2.24, 2.45) is 0 Å². The summed E-state index contributed by atoms with van der Waals surface area (Å²) in [6.45, 7) is 8.50. The zero-order valence-corrected chi connectivity index (χ0v) is 22.0. The smallest absolute Gasteiger partial charge is 0.257 e. The fourth-order valence-corrected chi connectivity index (χ4v) is 4.44. The van der Waals surface area contributed by atoms with Crippen LogP contribution in [-0.2, 0) is 0 Å². The van der Waals surface area contributed by atoms with Crippen molar-refractivity contribution in [1.29, 1.82) is 0 Å². The number of anilines is 1. The molecule has 1 heterocycles. The van der Waals surface area contributed by atoms with E-state index in [-0.39, 0.29) is 5.91 Å². The second kappa shape index (κ2) is 13.7. The number of benzene rings is 2. The summed E-state index contributed by atoms with van der Waals surface area (Å²) in [5.74, 6) is 0.467. The maximum absolute atomic E-state index is 12.5. The SMILES string of the molecule is CCC.CCC.CSc1ccc(C(=O)Nc2ccc(-c3csc(C4CC4)n3)cc2)c(Cl)c1. The molecule has 2 aromatic carbocycles. The quantitative estimate of drug-likeness (QED) is 0.364. The molecule has 0 saturated heterocycles. The van der Waals surface area contributed by atoms with Gasteiger partial charge in [-0.25, -0.2) is 4.98 Å². The van der Waals surface area contributed by atoms with Crippen LogP contribution >= 0.6 is 34.7 Å². The van der Waals surface area contributed by atoms with Crippen LogP contribution in [0.4, 0.5) is 5.69 Å². The van der Waals surface area contributed by atoms with Crippen LogP contribution in [-0.4, -0.2) is 17.1 Å². The summed E-state index contributed by atoms with van der Waals surface area (Å²) in [6.07, 6.45) is 7.00. The number of rotatable bonds is 5. The van der Waals surface area contributed by atoms with Gasteiger partial charge in [0.15, 0.2) is 0 Å². The molecule has 32 heavy (non-hydrogen) atoms. The van der Waals surface area contributed by atoms with Crippen molar-refractivity contribution in [3.63, 3.8) is 0 Å². The number of nitrogens with one attached hydrogen (secondary N) is 1. The van der Waals surface area contributed by atoms with E-state index < -0.39 is 0 Å². The van der Waals surface area contributed by atoms with Crippen LogP contribution in [0, 0.1) is 0 Å². The predicted molar refractivity (Wildman–Crippen MR) is 143 cm³/mol. The Morgan fingerprint density at radius 2 is 1.72 bits per heavy atom. The number of aromatic nitrogens is 1. The molecule has 1 aliphatic rings. The molecule has 6 heteroatoms. The van der Waals surface area contributed by atoms with E-state index in [1.54, 1.807) is 29.2 Å². The van der Waals surface area contributed by atoms with E-state index in [2.05, 4.69) is 38.4 Å². The topological polar surface area (TPSA) is 42.0 Å². The number of nitrogens with zero attached hydrogens (tertiary/aromatic N) is 1. The van der Waals surface area contributed by atoms with Crippen molar-refractivity contribution in [3.05, 3.63) is 63.4 Å². The van der Waals surface area contributed by atoms with Crippen molar-refractivity contribution in [1.82, 2.24) is 4.98 Å². The van der Waals surface area contributed by atoms with Gasteiger partial charge in [-0.2, -0.15) is 0 Å². The molecular formula is C26H33ClN2OS2. The van der Waals surface area contributed by atoms with Crippen molar-refractivity contribution in [2.45, 2.75) is 64.2 Å². The Hall–Kier alpha value is -1.82. The van der Waals surface area contributed by atoms with E-state index in [4.69, 9.17) is 16.6 Å². The summed E-state index contributed by atoms with van der Waals surface area (Å²) in [7, 11) is 0. The Bertz CT molecular complexity index is 980. The van der Waals surface area contributed by atoms with Gasteiger partial charge in [0.25, 0.3) is 5.91 Å². The Labute approximate surface area is 206 Å². The summed E-state index contributed by atoms with van der Waals surface area (Å²) in [5.41, 5.74) is 3.28. The molecule has 1 N–H and O–H groups in total. The number of carbonyl (C=O) groups is 1. The van der Waals surface area contributed by atoms with Gasteiger partial charge in [0.1, 0.15) is 0 Å². The number of thiazole rings is 1. The number of thioether (sulfide) groups is 1. The largest absolute Gasteiger partial charge is 0.322 e. The molecule has 3 nitrogen and oxygen atoms in total. The van der Waals surface area contributed by atoms with Gasteiger partial charge >= 0.3 is 0 Å². The number of amides is 1. The molecule has 0 atom stereocenters. The van der Waals surface area contributed by atoms with Crippen LogP contribution in [0.15, 0.2) is 52.7 Å². The summed E-state index contributed by atoms with van der Waals surface area (Å²) >= 11 is 9.55. The highest BCUT2D eigenvalue weighted by Crippen LogP contribution is 2.42. The van der Waals surface area contributed by atoms with E-state index in [1.165, 1.54) is 30.7 Å². The number of hydrogen-bond donors (Lipinski definition) is 1. The number of hydrogen-bond acceptors (Lipinski definition) is 4. The zero-order valence-electron chi connectivity index (χ0n) is 19.6. The molecule has 1 fully saturated rings. The Morgan fingerprint density at radius 1 is 1.09 bits per heavy atom. The van der Waals surface area contributed by atoms with Gasteiger partial charge < -0.3 is 5.32 Å². The highest BCUT2D eigenvalue weighted by Gasteiger charge is 2.26. The molecule has 1 amide bonds. The van der Waals surface area contributed by atoms with E-state index in [1.807, 2.05) is 42.7 Å². The maximum atomic E-state index is 12.5. The third-order valence-electron chi connectivity index (χ3n) is 4.31. The molecule has 1 aromatic heterocycles. The molecular weight excluding hydrogens is 456 g/mol. The molecule has 0 aliphatic heterocycles. The summed E-state index contributed by atoms with van der Waals surface area (Å²) < 4.78 is 0. The van der Waals surface area contributed by atoms with Gasteiger partial charge in [0.2, 0.25) is 0 Å². The number of halogens is 1. The van der Waals surface area contributed by atoms with E-state index in [9.17, 15) is 4.79 Å². The Kier molecular flexibility index (Phi) is 11.3. The first-order valence-electron chi connectivity index (χ1n) is 11.2. The lowest BCUT2D eigenvalue weighted by atomic mass is 10.1. The first kappa shape index (κ1) is 26.4. The molecule has 3 aromatic rings. The molecule has 4 rings (SSSR count). The van der Waals surface area contributed by atoms with E-state index in [0.717, 1.165) is 21.8 Å². The highest BCUT2D eigenvalue weighted by molar-refractivity contribution is 7.98. The van der Waals surface area contributed by atoms with Crippen LogP contribution in [0.25, 0.3) is 11.3 Å². The maximum Gasteiger partial charge on any atom is 0.257 e. The summed E-state index contributed by atoms with van der Waals surface area (Å²) in [5, 5.41) is 6.70. The van der Waals surface area contributed by atoms with E-state index in [0.29, 0.717) is 16.5 Å². The van der Waals surface area contributed by atoms with Crippen molar-refractivity contribution in [2.75, 3.05) is 11.6 Å². The highest BCUT2D eigenvalue weighted by atomic mass is 35.5. The van der Waals surface area contributed by atoms with Gasteiger partial charge in [-0.05, 0) is 49.4 Å². The van der Waals surface area contributed by atoms with Crippen molar-refractivity contribution < 1.29 is 4.79 Å². The van der Waals surface area contributed by atoms with E-state index >= 15 is 0 Å². The van der Waals surface area contributed by atoms with Crippen molar-refractivity contribution in [3.8, 4) is 11.3 Å². The molecule has 0 radical (unpaired) electrons. The van der Waals surface area contributed by atoms with Gasteiger partial charge in [-0.3, -0.25) is 4.79 Å². The molecule has 0 bridgehead atoms. The minimum absolute atomic E-state index is 0.208. The Balaban J connectivity index is 0.000000547. The third kappa shape index (κ3) is 7.95. The second-order valence-corrected chi connectivity index (χ2v) is 9.81. The fraction of sp³-hybridized carbons (Fsp3) is 0.385. The molecule has 1 saturated carbocycles. The van der Waals surface area contributed by atoms with Gasteiger partial charge in [-0.1, -0.05) is 64.3 Å². The predicted octanol–water partition coefficient (Wildman–Crippen LogP) is 9.15. The first-order valence-corrected chi connectivity index (χ1v) is 13.7. The van der Waals surface area contributed by atoms with Crippen LogP contribution in [0.3, 0.4) is 0 Å². The van der Waals surface area contributed by atoms with Gasteiger partial charge in [0, 0.05) is 27.4 Å². The van der Waals surface area contributed by atoms with Crippen LogP contribution in [0.5, 0.6) is 0 Å². The standard InChI is InChI=1S/C20H17ClN2OS2.2C3H8/c1-25-15-8-9-16(17(21)10-15)19(24)22-14-6-4-12(5-7-14)18-11-26-20(23-18)13-2-3-13;2*1-3-2/h4-11,13H,2-3H2,1H3,(H,22,24);2*3H2,1-2H3. The molecule has 0 unspecified atom stereocenters. The minimum Gasteiger partial charge on any atom is -0.322 e. The zero-order chi connectivity index (χ0) is 23.5. The van der Waals surface area contributed by atoms with Crippen LogP contribution in [0.1, 0.15) is 74.7 Å². The third-order valence-corrected chi connectivity index (χ3v) is 6.35. The molecule has 172 valence electrons. The summed E-state index contributed by atoms with van der Waals surface area (Å²) in [6, 6.07) is 13.2.